The molecule has 0 bridgehead atoms. The molecule has 0 spiro atoms. The highest BCUT2D eigenvalue weighted by Gasteiger charge is 2.34. The Hall–Kier alpha value is -2.53. The van der Waals surface area contributed by atoms with E-state index >= 15 is 0 Å². The van der Waals surface area contributed by atoms with Crippen LogP contribution in [0.2, 0.25) is 5.02 Å². The summed E-state index contributed by atoms with van der Waals surface area (Å²) in [6.07, 6.45) is 0.223. The number of anilines is 1. The number of ether oxygens (including phenoxy) is 1. The molecular weight excluding hydrogens is 434 g/mol. The van der Waals surface area contributed by atoms with Gasteiger partial charge in [-0.2, -0.15) is 10.2 Å². The van der Waals surface area contributed by atoms with Gasteiger partial charge in [0, 0.05) is 25.6 Å². The Morgan fingerprint density at radius 3 is 2.61 bits per heavy atom. The second-order valence-corrected chi connectivity index (χ2v) is 7.87. The molecule has 1 saturated heterocycles. The van der Waals surface area contributed by atoms with Crippen molar-refractivity contribution < 1.29 is 23.1 Å². The molecule has 2 aliphatic rings. The Kier molecular flexibility index (Phi) is 6.24. The minimum atomic E-state index is -2.82. The summed E-state index contributed by atoms with van der Waals surface area (Å²) in [6, 6.07) is 0. The van der Waals surface area contributed by atoms with Crippen molar-refractivity contribution in [2.75, 3.05) is 31.6 Å². The van der Waals surface area contributed by atoms with Crippen molar-refractivity contribution in [3.63, 3.8) is 0 Å². The van der Waals surface area contributed by atoms with Crippen molar-refractivity contribution in [1.82, 2.24) is 24.5 Å². The number of halogens is 3. The van der Waals surface area contributed by atoms with Crippen molar-refractivity contribution in [1.29, 1.82) is 0 Å². The summed E-state index contributed by atoms with van der Waals surface area (Å²) in [5, 5.41) is 10.7. The molecule has 4 rings (SSSR count). The van der Waals surface area contributed by atoms with Crippen LogP contribution in [0, 0.1) is 0 Å². The first-order chi connectivity index (χ1) is 14.9. The largest absolute Gasteiger partial charge is 0.378 e. The van der Waals surface area contributed by atoms with Crippen LogP contribution in [0.3, 0.4) is 0 Å². The molecule has 3 heterocycles. The zero-order chi connectivity index (χ0) is 22.1. The minimum Gasteiger partial charge on any atom is -0.378 e. The van der Waals surface area contributed by atoms with E-state index in [0.717, 1.165) is 12.8 Å². The zero-order valence-electron chi connectivity index (χ0n) is 17.0. The fraction of sp³-hybridized carbons (Fsp3) is 0.579. The van der Waals surface area contributed by atoms with E-state index in [1.165, 1.54) is 15.6 Å². The Morgan fingerprint density at radius 1 is 1.29 bits per heavy atom. The molecule has 0 radical (unpaired) electrons. The monoisotopic (exact) mass is 456 g/mol. The van der Waals surface area contributed by atoms with Gasteiger partial charge in [-0.15, -0.1) is 0 Å². The van der Waals surface area contributed by atoms with Gasteiger partial charge in [0.15, 0.2) is 0 Å². The number of hydrogen-bond donors (Lipinski definition) is 1. The van der Waals surface area contributed by atoms with Gasteiger partial charge in [-0.25, -0.2) is 8.78 Å². The number of morpholine rings is 1. The summed E-state index contributed by atoms with van der Waals surface area (Å²) in [7, 11) is 0. The number of aromatic nitrogens is 4. The average Bonchev–Trinajstić information content (AvgIpc) is 3.42. The van der Waals surface area contributed by atoms with E-state index in [1.807, 2.05) is 6.92 Å². The number of rotatable bonds is 7. The van der Waals surface area contributed by atoms with Crippen molar-refractivity contribution in [2.45, 2.75) is 45.2 Å². The molecular formula is C19H23ClF2N6O3. The van der Waals surface area contributed by atoms with Gasteiger partial charge in [0.25, 0.3) is 12.3 Å². The highest BCUT2D eigenvalue weighted by Crippen LogP contribution is 2.45. The first-order valence-electron chi connectivity index (χ1n) is 10.2. The molecule has 2 fully saturated rings. The van der Waals surface area contributed by atoms with Crippen LogP contribution >= 0.6 is 11.6 Å². The number of nitrogens with zero attached hydrogens (tertiary/aromatic N) is 5. The molecule has 2 aromatic rings. The highest BCUT2D eigenvalue weighted by atomic mass is 35.5. The normalized spacial score (nSPS) is 16.7. The molecule has 0 aromatic carbocycles. The van der Waals surface area contributed by atoms with E-state index in [2.05, 4.69) is 15.5 Å². The summed E-state index contributed by atoms with van der Waals surface area (Å²) in [5.74, 6) is -0.728. The van der Waals surface area contributed by atoms with Crippen LogP contribution in [0.5, 0.6) is 0 Å². The minimum absolute atomic E-state index is 0.0293. The summed E-state index contributed by atoms with van der Waals surface area (Å²) < 4.78 is 34.5. The van der Waals surface area contributed by atoms with Gasteiger partial charge in [0.05, 0.1) is 35.8 Å². The van der Waals surface area contributed by atoms with E-state index in [-0.39, 0.29) is 34.8 Å². The third-order valence-electron chi connectivity index (χ3n) is 5.33. The zero-order valence-corrected chi connectivity index (χ0v) is 17.7. The molecule has 168 valence electrons. The predicted molar refractivity (Wildman–Crippen MR) is 107 cm³/mol. The smallest absolute Gasteiger partial charge is 0.283 e. The molecule has 12 heteroatoms. The molecule has 31 heavy (non-hydrogen) atoms. The molecule has 1 aliphatic heterocycles. The topological polar surface area (TPSA) is 94.3 Å². The van der Waals surface area contributed by atoms with Gasteiger partial charge in [-0.05, 0) is 19.8 Å². The summed E-state index contributed by atoms with van der Waals surface area (Å²) >= 11 is 6.11. The van der Waals surface area contributed by atoms with Gasteiger partial charge in [0.2, 0.25) is 5.91 Å². The number of amides is 2. The van der Waals surface area contributed by atoms with Crippen molar-refractivity contribution in [3.8, 4) is 0 Å². The van der Waals surface area contributed by atoms with Crippen molar-refractivity contribution in [3.05, 3.63) is 28.3 Å². The van der Waals surface area contributed by atoms with Crippen LogP contribution in [-0.2, 0) is 22.6 Å². The van der Waals surface area contributed by atoms with Crippen molar-refractivity contribution >= 4 is 29.1 Å². The summed E-state index contributed by atoms with van der Waals surface area (Å²) in [4.78, 5) is 27.4. The number of nitrogens with one attached hydrogen (secondary N) is 1. The molecule has 0 atom stereocenters. The lowest BCUT2D eigenvalue weighted by molar-refractivity contribution is -0.117. The second kappa shape index (κ2) is 8.91. The summed E-state index contributed by atoms with van der Waals surface area (Å²) in [5.41, 5.74) is 0.481. The molecule has 0 unspecified atom stereocenters. The van der Waals surface area contributed by atoms with Gasteiger partial charge in [0.1, 0.15) is 17.9 Å². The molecule has 1 N–H and O–H groups in total. The standard InChI is InChI=1S/C19H23ClF2N6O3/c1-2-27-17(19(30)26-5-7-31-8-6-26)12(9-23-27)24-13(29)10-28-16(11-3-4-11)14(20)15(25-28)18(21)22/h9,11,18H,2-8,10H2,1H3,(H,24,29). The van der Waals surface area contributed by atoms with E-state index < -0.39 is 18.0 Å². The van der Waals surface area contributed by atoms with E-state index in [1.54, 1.807) is 4.90 Å². The Bertz CT molecular complexity index is 982. The molecule has 1 saturated carbocycles. The molecule has 9 nitrogen and oxygen atoms in total. The quantitative estimate of drug-likeness (QED) is 0.691. The summed E-state index contributed by atoms with van der Waals surface area (Å²) in [6.45, 7) is 3.80. The van der Waals surface area contributed by atoms with E-state index in [9.17, 15) is 18.4 Å². The predicted octanol–water partition coefficient (Wildman–Crippen LogP) is 2.68. The van der Waals surface area contributed by atoms with Crippen LogP contribution in [0.25, 0.3) is 0 Å². The lowest BCUT2D eigenvalue weighted by Gasteiger charge is -2.27. The number of hydrogen-bond acceptors (Lipinski definition) is 5. The van der Waals surface area contributed by atoms with Crippen LogP contribution in [-0.4, -0.2) is 62.6 Å². The Balaban J connectivity index is 1.54. The highest BCUT2D eigenvalue weighted by molar-refractivity contribution is 6.32. The number of carbonyl (C=O) groups is 2. The molecule has 2 aromatic heterocycles. The lowest BCUT2D eigenvalue weighted by atomic mass is 10.2. The van der Waals surface area contributed by atoms with Gasteiger partial charge < -0.3 is 15.0 Å². The number of alkyl halides is 2. The fourth-order valence-electron chi connectivity index (χ4n) is 3.66. The van der Waals surface area contributed by atoms with E-state index in [4.69, 9.17) is 16.3 Å². The van der Waals surface area contributed by atoms with Crippen molar-refractivity contribution in [2.24, 2.45) is 0 Å². The number of carbonyl (C=O) groups excluding carboxylic acids is 2. The average molecular weight is 457 g/mol. The fourth-order valence-corrected chi connectivity index (χ4v) is 4.04. The third kappa shape index (κ3) is 4.42. The second-order valence-electron chi connectivity index (χ2n) is 7.49. The van der Waals surface area contributed by atoms with Gasteiger partial charge in [-0.1, -0.05) is 11.6 Å². The third-order valence-corrected chi connectivity index (χ3v) is 5.72. The van der Waals surface area contributed by atoms with Crippen LogP contribution in [0.4, 0.5) is 14.5 Å². The first kappa shape index (κ1) is 21.7. The number of aryl methyl sites for hydroxylation is 1. The maximum absolute atomic E-state index is 13.2. The van der Waals surface area contributed by atoms with Gasteiger partial charge in [-0.3, -0.25) is 19.0 Å². The Labute approximate surface area is 182 Å². The van der Waals surface area contributed by atoms with Crippen LogP contribution in [0.1, 0.15) is 54.0 Å². The van der Waals surface area contributed by atoms with Crippen LogP contribution in [0.15, 0.2) is 6.20 Å². The maximum Gasteiger partial charge on any atom is 0.283 e. The molecule has 1 aliphatic carbocycles. The lowest BCUT2D eigenvalue weighted by Crippen LogP contribution is -2.41. The first-order valence-corrected chi connectivity index (χ1v) is 10.5. The molecule has 2 amide bonds. The van der Waals surface area contributed by atoms with Gasteiger partial charge >= 0.3 is 0 Å². The maximum atomic E-state index is 13.2. The van der Waals surface area contributed by atoms with E-state index in [0.29, 0.717) is 38.5 Å². The SMILES string of the molecule is CCn1ncc(NC(=O)Cn2nc(C(F)F)c(Cl)c2C2CC2)c1C(=O)N1CCOCC1. The van der Waals surface area contributed by atoms with Crippen LogP contribution < -0.4 is 5.32 Å². The Morgan fingerprint density at radius 2 is 2.00 bits per heavy atom.